The normalized spacial score (nSPS) is 36.0. The molecule has 0 N–H and O–H groups in total. The predicted molar refractivity (Wildman–Crippen MR) is 71.9 cm³/mol. The molecule has 0 amide bonds. The van der Waals surface area contributed by atoms with E-state index >= 15 is 0 Å². The van der Waals surface area contributed by atoms with Gasteiger partial charge in [0.2, 0.25) is 0 Å². The van der Waals surface area contributed by atoms with Crippen LogP contribution in [-0.4, -0.2) is 0 Å². The molecule has 0 aromatic rings. The molecule has 4 aliphatic rings. The van der Waals surface area contributed by atoms with Crippen LogP contribution >= 0.6 is 0 Å². The SMILES string of the molecule is C1CCC(C2CC2)(C2(C3CCC3)CCC2)CC1. The summed E-state index contributed by atoms with van der Waals surface area (Å²) in [5, 5.41) is 0. The van der Waals surface area contributed by atoms with Gasteiger partial charge in [-0.15, -0.1) is 0 Å². The van der Waals surface area contributed by atoms with Crippen molar-refractivity contribution in [1.82, 2.24) is 0 Å². The molecule has 0 unspecified atom stereocenters. The molecule has 96 valence electrons. The molecular weight excluding hydrogens is 204 g/mol. The van der Waals surface area contributed by atoms with E-state index in [0.717, 1.165) is 16.7 Å². The van der Waals surface area contributed by atoms with Gasteiger partial charge >= 0.3 is 0 Å². The maximum Gasteiger partial charge on any atom is -0.0210 e. The molecule has 0 spiro atoms. The summed E-state index contributed by atoms with van der Waals surface area (Å²) in [5.41, 5.74) is 1.72. The summed E-state index contributed by atoms with van der Waals surface area (Å²) in [6, 6.07) is 0. The molecule has 0 nitrogen and oxygen atoms in total. The minimum Gasteiger partial charge on any atom is -0.0533 e. The van der Waals surface area contributed by atoms with Crippen molar-refractivity contribution in [1.29, 1.82) is 0 Å². The van der Waals surface area contributed by atoms with Crippen LogP contribution in [0, 0.1) is 22.7 Å². The molecular formula is C17H28. The van der Waals surface area contributed by atoms with Crippen LogP contribution in [0.4, 0.5) is 0 Å². The number of rotatable bonds is 3. The maximum atomic E-state index is 1.62. The van der Waals surface area contributed by atoms with Gasteiger partial charge in [-0.2, -0.15) is 0 Å². The van der Waals surface area contributed by atoms with Gasteiger partial charge in [-0.25, -0.2) is 0 Å². The maximum absolute atomic E-state index is 1.62. The van der Waals surface area contributed by atoms with E-state index in [1.165, 1.54) is 12.3 Å². The molecule has 0 aromatic heterocycles. The summed E-state index contributed by atoms with van der Waals surface area (Å²) >= 11 is 0. The number of hydrogen-bond acceptors (Lipinski definition) is 0. The minimum atomic E-state index is 0.856. The van der Waals surface area contributed by atoms with Crippen molar-refractivity contribution in [2.75, 3.05) is 0 Å². The second kappa shape index (κ2) is 3.75. The van der Waals surface area contributed by atoms with E-state index in [2.05, 4.69) is 0 Å². The average molecular weight is 232 g/mol. The van der Waals surface area contributed by atoms with Crippen molar-refractivity contribution in [2.45, 2.75) is 83.5 Å². The molecule has 0 heteroatoms. The van der Waals surface area contributed by atoms with Crippen molar-refractivity contribution < 1.29 is 0 Å². The van der Waals surface area contributed by atoms with Crippen LogP contribution < -0.4 is 0 Å². The first-order valence-electron chi connectivity index (χ1n) is 8.37. The molecule has 4 saturated carbocycles. The molecule has 4 fully saturated rings. The zero-order valence-electron chi connectivity index (χ0n) is 11.3. The third-order valence-electron chi connectivity index (χ3n) is 7.23. The molecule has 0 aliphatic heterocycles. The van der Waals surface area contributed by atoms with Gasteiger partial charge in [-0.1, -0.05) is 32.1 Å². The summed E-state index contributed by atoms with van der Waals surface area (Å²) in [7, 11) is 0. The summed E-state index contributed by atoms with van der Waals surface area (Å²) in [6.07, 6.45) is 20.6. The predicted octanol–water partition coefficient (Wildman–Crippen LogP) is 5.32. The van der Waals surface area contributed by atoms with E-state index in [-0.39, 0.29) is 0 Å². The van der Waals surface area contributed by atoms with Gasteiger partial charge in [-0.05, 0) is 74.0 Å². The lowest BCUT2D eigenvalue weighted by atomic mass is 9.40. The lowest BCUT2D eigenvalue weighted by Crippen LogP contribution is -2.55. The standard InChI is InChI=1S/C17H28/c1-2-10-16(11-3-1,15-8-9-15)17(12-5-13-17)14-6-4-7-14/h14-15H,1-13H2. The van der Waals surface area contributed by atoms with Crippen LogP contribution in [0.1, 0.15) is 83.5 Å². The van der Waals surface area contributed by atoms with Gasteiger partial charge in [0.1, 0.15) is 0 Å². The molecule has 4 rings (SSSR count). The lowest BCUT2D eigenvalue weighted by Gasteiger charge is -2.64. The van der Waals surface area contributed by atoms with E-state index in [9.17, 15) is 0 Å². The van der Waals surface area contributed by atoms with Crippen molar-refractivity contribution >= 4 is 0 Å². The van der Waals surface area contributed by atoms with Crippen molar-refractivity contribution in [3.05, 3.63) is 0 Å². The molecule has 0 bridgehead atoms. The van der Waals surface area contributed by atoms with Crippen LogP contribution in [0.2, 0.25) is 0 Å². The molecule has 0 heterocycles. The van der Waals surface area contributed by atoms with Gasteiger partial charge < -0.3 is 0 Å². The molecule has 0 atom stereocenters. The first kappa shape index (κ1) is 10.9. The van der Waals surface area contributed by atoms with Gasteiger partial charge in [0.05, 0.1) is 0 Å². The highest BCUT2D eigenvalue weighted by molar-refractivity contribution is 5.13. The minimum absolute atomic E-state index is 0.856. The van der Waals surface area contributed by atoms with Crippen LogP contribution in [0.3, 0.4) is 0 Å². The summed E-state index contributed by atoms with van der Waals surface area (Å²) in [5.74, 6) is 2.33. The second-order valence-corrected chi connectivity index (χ2v) is 7.63. The first-order chi connectivity index (χ1) is 8.37. The Kier molecular flexibility index (Phi) is 2.40. The Labute approximate surface area is 107 Å². The average Bonchev–Trinajstić information content (AvgIpc) is 3.05. The molecule has 0 aromatic carbocycles. The summed E-state index contributed by atoms with van der Waals surface area (Å²) < 4.78 is 0. The van der Waals surface area contributed by atoms with Crippen molar-refractivity contribution in [3.63, 3.8) is 0 Å². The third kappa shape index (κ3) is 1.36. The Hall–Kier alpha value is 0. The second-order valence-electron chi connectivity index (χ2n) is 7.63. The van der Waals surface area contributed by atoms with E-state index in [1.54, 1.807) is 77.0 Å². The Morgan fingerprint density at radius 1 is 0.471 bits per heavy atom. The van der Waals surface area contributed by atoms with Gasteiger partial charge in [0, 0.05) is 0 Å². The van der Waals surface area contributed by atoms with E-state index in [0.29, 0.717) is 0 Å². The molecule has 4 aliphatic carbocycles. The topological polar surface area (TPSA) is 0 Å². The fourth-order valence-corrected chi connectivity index (χ4v) is 5.96. The van der Waals surface area contributed by atoms with Gasteiger partial charge in [0.15, 0.2) is 0 Å². The molecule has 0 radical (unpaired) electrons. The first-order valence-corrected chi connectivity index (χ1v) is 8.37. The highest BCUT2D eigenvalue weighted by atomic mass is 14.7. The quantitative estimate of drug-likeness (QED) is 0.618. The summed E-state index contributed by atoms with van der Waals surface area (Å²) in [4.78, 5) is 0. The Balaban J connectivity index is 1.67. The zero-order chi connectivity index (χ0) is 11.3. The van der Waals surface area contributed by atoms with Gasteiger partial charge in [-0.3, -0.25) is 0 Å². The molecule has 17 heavy (non-hydrogen) atoms. The van der Waals surface area contributed by atoms with Crippen molar-refractivity contribution in [2.24, 2.45) is 22.7 Å². The summed E-state index contributed by atoms with van der Waals surface area (Å²) in [6.45, 7) is 0. The lowest BCUT2D eigenvalue weighted by molar-refractivity contribution is -0.146. The third-order valence-corrected chi connectivity index (χ3v) is 7.23. The van der Waals surface area contributed by atoms with Crippen molar-refractivity contribution in [3.8, 4) is 0 Å². The fraction of sp³-hybridized carbons (Fsp3) is 1.00. The van der Waals surface area contributed by atoms with E-state index in [4.69, 9.17) is 0 Å². The highest BCUT2D eigenvalue weighted by Gasteiger charge is 2.63. The Morgan fingerprint density at radius 3 is 1.35 bits per heavy atom. The Morgan fingerprint density at radius 2 is 1.00 bits per heavy atom. The zero-order valence-corrected chi connectivity index (χ0v) is 11.3. The van der Waals surface area contributed by atoms with E-state index in [1.807, 2.05) is 0 Å². The van der Waals surface area contributed by atoms with Crippen LogP contribution in [0.15, 0.2) is 0 Å². The van der Waals surface area contributed by atoms with Crippen LogP contribution in [-0.2, 0) is 0 Å². The fourth-order valence-electron chi connectivity index (χ4n) is 5.96. The Bertz CT molecular complexity index is 285. The monoisotopic (exact) mass is 232 g/mol. The van der Waals surface area contributed by atoms with E-state index < -0.39 is 0 Å². The highest BCUT2D eigenvalue weighted by Crippen LogP contribution is 2.73. The number of hydrogen-bond donors (Lipinski definition) is 0. The molecule has 0 saturated heterocycles. The van der Waals surface area contributed by atoms with Crippen LogP contribution in [0.5, 0.6) is 0 Å². The van der Waals surface area contributed by atoms with Gasteiger partial charge in [0.25, 0.3) is 0 Å². The smallest absolute Gasteiger partial charge is 0.0210 e. The van der Waals surface area contributed by atoms with Crippen LogP contribution in [0.25, 0.3) is 0 Å². The largest absolute Gasteiger partial charge is 0.0533 e.